The van der Waals surface area contributed by atoms with E-state index in [0.717, 1.165) is 0 Å². The van der Waals surface area contributed by atoms with Gasteiger partial charge in [-0.05, 0) is 26.8 Å². The van der Waals surface area contributed by atoms with Crippen molar-refractivity contribution in [2.75, 3.05) is 11.1 Å². The Bertz CT molecular complexity index is 682. The van der Waals surface area contributed by atoms with Gasteiger partial charge in [-0.25, -0.2) is 4.79 Å². The normalized spacial score (nSPS) is 11.3. The molecule has 0 unspecified atom stereocenters. The fourth-order valence-electron chi connectivity index (χ4n) is 1.90. The molecule has 0 fully saturated rings. The van der Waals surface area contributed by atoms with Gasteiger partial charge in [0.05, 0.1) is 11.4 Å². The minimum Gasteiger partial charge on any atom is -0.506 e. The summed E-state index contributed by atoms with van der Waals surface area (Å²) in [5.74, 6) is 0.397. The number of benzene rings is 1. The van der Waals surface area contributed by atoms with Crippen molar-refractivity contribution in [1.29, 1.82) is 0 Å². The molecule has 0 atom stereocenters. The van der Waals surface area contributed by atoms with Gasteiger partial charge in [0.2, 0.25) is 0 Å². The molecular formula is C15H20N4O3. The Labute approximate surface area is 128 Å². The quantitative estimate of drug-likeness (QED) is 0.740. The standard InChI is InChI=1S/C15H20N4O3/c1-15(2,3)22-14(21)17-13-9(6-5-7-11(13)20)10-8-12(16)19(4)18-10/h5-8,20H,16H2,1-4H3,(H,17,21). The van der Waals surface area contributed by atoms with Crippen LogP contribution in [0, 0.1) is 0 Å². The number of aromatic hydroxyl groups is 1. The molecule has 2 aromatic rings. The number of carbonyl (C=O) groups is 1. The van der Waals surface area contributed by atoms with Crippen LogP contribution in [0.15, 0.2) is 24.3 Å². The Kier molecular flexibility index (Phi) is 3.99. The number of hydrogen-bond donors (Lipinski definition) is 3. The number of para-hydroxylation sites is 1. The fourth-order valence-corrected chi connectivity index (χ4v) is 1.90. The molecule has 0 spiro atoms. The molecule has 4 N–H and O–H groups in total. The summed E-state index contributed by atoms with van der Waals surface area (Å²) in [5.41, 5.74) is 6.47. The number of rotatable bonds is 2. The third-order valence-corrected chi connectivity index (χ3v) is 2.86. The van der Waals surface area contributed by atoms with Crippen LogP contribution in [0.3, 0.4) is 0 Å². The monoisotopic (exact) mass is 304 g/mol. The lowest BCUT2D eigenvalue weighted by Gasteiger charge is -2.20. The Morgan fingerprint density at radius 1 is 1.41 bits per heavy atom. The number of phenolic OH excluding ortho intramolecular Hbond substituents is 1. The second-order valence-electron chi connectivity index (χ2n) is 5.90. The van der Waals surface area contributed by atoms with Gasteiger partial charge in [-0.15, -0.1) is 0 Å². The number of hydrogen-bond acceptors (Lipinski definition) is 5. The first-order valence-corrected chi connectivity index (χ1v) is 6.79. The first-order chi connectivity index (χ1) is 10.2. The Balaban J connectivity index is 2.37. The molecule has 0 aliphatic heterocycles. The van der Waals surface area contributed by atoms with E-state index in [0.29, 0.717) is 17.1 Å². The summed E-state index contributed by atoms with van der Waals surface area (Å²) in [6, 6.07) is 6.53. The summed E-state index contributed by atoms with van der Waals surface area (Å²) in [7, 11) is 1.71. The van der Waals surface area contributed by atoms with Gasteiger partial charge in [-0.2, -0.15) is 5.10 Å². The highest BCUT2D eigenvalue weighted by molar-refractivity contribution is 5.93. The average molecular weight is 304 g/mol. The number of amides is 1. The van der Waals surface area contributed by atoms with Crippen LogP contribution in [0.2, 0.25) is 0 Å². The van der Waals surface area contributed by atoms with E-state index in [1.54, 1.807) is 46.0 Å². The number of anilines is 2. The predicted molar refractivity (Wildman–Crippen MR) is 84.6 cm³/mol. The zero-order valence-electron chi connectivity index (χ0n) is 13.0. The second kappa shape index (κ2) is 5.59. The topological polar surface area (TPSA) is 102 Å². The summed E-state index contributed by atoms with van der Waals surface area (Å²) in [4.78, 5) is 11.9. The SMILES string of the molecule is Cn1nc(-c2cccc(O)c2NC(=O)OC(C)(C)C)cc1N. The number of nitrogens with one attached hydrogen (secondary N) is 1. The molecule has 7 heteroatoms. The van der Waals surface area contributed by atoms with Crippen LogP contribution in [0.4, 0.5) is 16.3 Å². The maximum Gasteiger partial charge on any atom is 0.412 e. The van der Waals surface area contributed by atoms with E-state index < -0.39 is 11.7 Å². The highest BCUT2D eigenvalue weighted by Crippen LogP contribution is 2.35. The zero-order chi connectivity index (χ0) is 16.5. The minimum atomic E-state index is -0.654. The number of ether oxygens (including phenoxy) is 1. The van der Waals surface area contributed by atoms with Crippen LogP contribution in [0.1, 0.15) is 20.8 Å². The van der Waals surface area contributed by atoms with Crippen LogP contribution in [0.25, 0.3) is 11.3 Å². The molecule has 0 bridgehead atoms. The molecule has 118 valence electrons. The maximum atomic E-state index is 11.9. The average Bonchev–Trinajstić information content (AvgIpc) is 2.69. The molecule has 1 amide bonds. The highest BCUT2D eigenvalue weighted by atomic mass is 16.6. The molecule has 0 aliphatic carbocycles. The van der Waals surface area contributed by atoms with Crippen LogP contribution in [0.5, 0.6) is 5.75 Å². The van der Waals surface area contributed by atoms with Crippen LogP contribution in [-0.2, 0) is 11.8 Å². The van der Waals surface area contributed by atoms with Crippen molar-refractivity contribution >= 4 is 17.6 Å². The van der Waals surface area contributed by atoms with E-state index in [2.05, 4.69) is 10.4 Å². The van der Waals surface area contributed by atoms with Gasteiger partial charge in [0.25, 0.3) is 0 Å². The third-order valence-electron chi connectivity index (χ3n) is 2.86. The smallest absolute Gasteiger partial charge is 0.412 e. The number of nitrogen functional groups attached to an aromatic ring is 1. The van der Waals surface area contributed by atoms with Crippen molar-refractivity contribution in [1.82, 2.24) is 9.78 Å². The van der Waals surface area contributed by atoms with Crippen molar-refractivity contribution in [3.63, 3.8) is 0 Å². The molecule has 0 saturated heterocycles. The Morgan fingerprint density at radius 2 is 2.09 bits per heavy atom. The van der Waals surface area contributed by atoms with Crippen molar-refractivity contribution in [2.45, 2.75) is 26.4 Å². The largest absolute Gasteiger partial charge is 0.506 e. The molecule has 7 nitrogen and oxygen atoms in total. The van der Waals surface area contributed by atoms with Crippen LogP contribution < -0.4 is 11.1 Å². The van der Waals surface area contributed by atoms with Crippen molar-refractivity contribution in [3.8, 4) is 17.0 Å². The lowest BCUT2D eigenvalue weighted by molar-refractivity contribution is 0.0635. The molecule has 0 radical (unpaired) electrons. The molecule has 1 aromatic carbocycles. The van der Waals surface area contributed by atoms with E-state index in [1.807, 2.05) is 0 Å². The van der Waals surface area contributed by atoms with E-state index in [-0.39, 0.29) is 11.4 Å². The summed E-state index contributed by atoms with van der Waals surface area (Å²) in [6.07, 6.45) is -0.654. The molecule has 1 heterocycles. The number of aromatic nitrogens is 2. The number of carbonyl (C=O) groups excluding carboxylic acids is 1. The Morgan fingerprint density at radius 3 is 2.64 bits per heavy atom. The first kappa shape index (κ1) is 15.7. The first-order valence-electron chi connectivity index (χ1n) is 6.79. The van der Waals surface area contributed by atoms with Crippen molar-refractivity contribution in [3.05, 3.63) is 24.3 Å². The maximum absolute atomic E-state index is 11.9. The summed E-state index contributed by atoms with van der Waals surface area (Å²) in [5, 5.41) is 16.9. The Hall–Kier alpha value is -2.70. The highest BCUT2D eigenvalue weighted by Gasteiger charge is 2.20. The minimum absolute atomic E-state index is 0.0763. The van der Waals surface area contributed by atoms with Gasteiger partial charge in [0, 0.05) is 18.7 Å². The molecule has 2 rings (SSSR count). The van der Waals surface area contributed by atoms with Gasteiger partial charge in [0.15, 0.2) is 0 Å². The number of nitrogens with zero attached hydrogens (tertiary/aromatic N) is 2. The van der Waals surface area contributed by atoms with Gasteiger partial charge in [-0.1, -0.05) is 12.1 Å². The number of aryl methyl sites for hydroxylation is 1. The van der Waals surface area contributed by atoms with Crippen LogP contribution in [-0.4, -0.2) is 26.6 Å². The predicted octanol–water partition coefficient (Wildman–Crippen LogP) is 2.72. The summed E-state index contributed by atoms with van der Waals surface area (Å²) < 4.78 is 6.72. The summed E-state index contributed by atoms with van der Waals surface area (Å²) >= 11 is 0. The molecule has 0 saturated carbocycles. The summed E-state index contributed by atoms with van der Waals surface area (Å²) in [6.45, 7) is 5.29. The van der Waals surface area contributed by atoms with Crippen molar-refractivity contribution in [2.24, 2.45) is 7.05 Å². The van der Waals surface area contributed by atoms with Gasteiger partial charge < -0.3 is 15.6 Å². The van der Waals surface area contributed by atoms with E-state index in [9.17, 15) is 9.90 Å². The van der Waals surface area contributed by atoms with Gasteiger partial charge in [0.1, 0.15) is 17.2 Å². The van der Waals surface area contributed by atoms with E-state index in [1.165, 1.54) is 10.7 Å². The van der Waals surface area contributed by atoms with E-state index >= 15 is 0 Å². The number of phenols is 1. The molecule has 22 heavy (non-hydrogen) atoms. The van der Waals surface area contributed by atoms with Gasteiger partial charge in [-0.3, -0.25) is 10.00 Å². The second-order valence-corrected chi connectivity index (χ2v) is 5.90. The fraction of sp³-hybridized carbons (Fsp3) is 0.333. The lowest BCUT2D eigenvalue weighted by atomic mass is 10.1. The van der Waals surface area contributed by atoms with E-state index in [4.69, 9.17) is 10.5 Å². The molecule has 0 aliphatic rings. The third kappa shape index (κ3) is 3.49. The zero-order valence-corrected chi connectivity index (χ0v) is 13.0. The molecule has 1 aromatic heterocycles. The van der Waals surface area contributed by atoms with Crippen molar-refractivity contribution < 1.29 is 14.6 Å². The number of nitrogens with two attached hydrogens (primary N) is 1. The van der Waals surface area contributed by atoms with Crippen LogP contribution >= 0.6 is 0 Å². The lowest BCUT2D eigenvalue weighted by Crippen LogP contribution is -2.27. The van der Waals surface area contributed by atoms with Gasteiger partial charge >= 0.3 is 6.09 Å². The molecular weight excluding hydrogens is 284 g/mol.